The van der Waals surface area contributed by atoms with E-state index in [1.807, 2.05) is 55.5 Å². The Labute approximate surface area is 134 Å². The molecule has 1 N–H and O–H groups in total. The van der Waals surface area contributed by atoms with Crippen molar-refractivity contribution in [1.29, 1.82) is 0 Å². The minimum absolute atomic E-state index is 0.235. The predicted octanol–water partition coefficient (Wildman–Crippen LogP) is 3.23. The van der Waals surface area contributed by atoms with E-state index in [-0.39, 0.29) is 12.7 Å². The Bertz CT molecular complexity index is 767. The molecule has 0 saturated heterocycles. The van der Waals surface area contributed by atoms with Crippen molar-refractivity contribution in [2.24, 2.45) is 5.10 Å². The Morgan fingerprint density at radius 2 is 1.91 bits per heavy atom. The van der Waals surface area contributed by atoms with Gasteiger partial charge in [0.05, 0.1) is 5.71 Å². The van der Waals surface area contributed by atoms with Crippen LogP contribution in [0.2, 0.25) is 0 Å². The molecule has 0 unspecified atom stereocenters. The van der Waals surface area contributed by atoms with Crippen LogP contribution in [0.15, 0.2) is 59.7 Å². The third-order valence-electron chi connectivity index (χ3n) is 3.28. The Morgan fingerprint density at radius 1 is 1.13 bits per heavy atom. The summed E-state index contributed by atoms with van der Waals surface area (Å²) >= 11 is 0. The van der Waals surface area contributed by atoms with Crippen LogP contribution in [0, 0.1) is 0 Å². The van der Waals surface area contributed by atoms with Crippen LogP contribution in [0.1, 0.15) is 22.8 Å². The number of allylic oxidation sites excluding steroid dienone is 1. The molecule has 0 aromatic heterocycles. The summed E-state index contributed by atoms with van der Waals surface area (Å²) < 4.78 is 10.6. The summed E-state index contributed by atoms with van der Waals surface area (Å²) in [7, 11) is 0. The van der Waals surface area contributed by atoms with Gasteiger partial charge in [-0.05, 0) is 42.8 Å². The Kier molecular flexibility index (Phi) is 4.38. The van der Waals surface area contributed by atoms with Crippen LogP contribution in [-0.2, 0) is 0 Å². The van der Waals surface area contributed by atoms with Crippen LogP contribution in [0.3, 0.4) is 0 Å². The Morgan fingerprint density at radius 3 is 2.74 bits per heavy atom. The molecule has 5 nitrogen and oxygen atoms in total. The smallest absolute Gasteiger partial charge is 0.271 e. The molecule has 5 heteroatoms. The van der Waals surface area contributed by atoms with Gasteiger partial charge < -0.3 is 9.47 Å². The van der Waals surface area contributed by atoms with Gasteiger partial charge in [0.1, 0.15) is 0 Å². The molecule has 0 spiro atoms. The van der Waals surface area contributed by atoms with E-state index in [1.165, 1.54) is 0 Å². The largest absolute Gasteiger partial charge is 0.454 e. The van der Waals surface area contributed by atoms with Gasteiger partial charge in [0, 0.05) is 5.56 Å². The number of carbonyl (C=O) groups excluding carboxylic acids is 1. The van der Waals surface area contributed by atoms with Crippen molar-refractivity contribution < 1.29 is 14.3 Å². The lowest BCUT2D eigenvalue weighted by atomic mass is 10.2. The van der Waals surface area contributed by atoms with Crippen molar-refractivity contribution in [3.63, 3.8) is 0 Å². The molecule has 1 heterocycles. The molecular weight excluding hydrogens is 292 g/mol. The van der Waals surface area contributed by atoms with E-state index in [0.717, 1.165) is 17.1 Å². The van der Waals surface area contributed by atoms with E-state index in [9.17, 15) is 4.79 Å². The second-order valence-corrected chi connectivity index (χ2v) is 5.01. The number of nitrogens with zero attached hydrogens (tertiary/aromatic N) is 1. The lowest BCUT2D eigenvalue weighted by molar-refractivity contribution is 0.0955. The molecular formula is C18H16N2O3. The van der Waals surface area contributed by atoms with Crippen LogP contribution >= 0.6 is 0 Å². The number of hydrogen-bond acceptors (Lipinski definition) is 4. The van der Waals surface area contributed by atoms with Gasteiger partial charge in [-0.1, -0.05) is 30.3 Å². The predicted molar refractivity (Wildman–Crippen MR) is 88.6 cm³/mol. The van der Waals surface area contributed by atoms with Gasteiger partial charge >= 0.3 is 0 Å². The molecule has 116 valence electrons. The first-order valence-electron chi connectivity index (χ1n) is 7.20. The number of carbonyl (C=O) groups is 1. The van der Waals surface area contributed by atoms with Crippen LogP contribution < -0.4 is 14.9 Å². The minimum atomic E-state index is -0.235. The van der Waals surface area contributed by atoms with E-state index >= 15 is 0 Å². The lowest BCUT2D eigenvalue weighted by Gasteiger charge is -2.00. The van der Waals surface area contributed by atoms with Crippen LogP contribution in [-0.4, -0.2) is 18.4 Å². The highest BCUT2D eigenvalue weighted by atomic mass is 16.7. The molecule has 0 aliphatic carbocycles. The van der Waals surface area contributed by atoms with E-state index in [4.69, 9.17) is 9.47 Å². The minimum Gasteiger partial charge on any atom is -0.454 e. The van der Waals surface area contributed by atoms with Gasteiger partial charge in [-0.25, -0.2) is 5.43 Å². The lowest BCUT2D eigenvalue weighted by Crippen LogP contribution is -2.18. The summed E-state index contributed by atoms with van der Waals surface area (Å²) in [5, 5.41) is 4.06. The van der Waals surface area contributed by atoms with Crippen molar-refractivity contribution in [2.45, 2.75) is 6.92 Å². The van der Waals surface area contributed by atoms with E-state index in [2.05, 4.69) is 10.5 Å². The molecule has 0 atom stereocenters. The van der Waals surface area contributed by atoms with Gasteiger partial charge in [-0.3, -0.25) is 4.79 Å². The number of ether oxygens (including phenoxy) is 2. The van der Waals surface area contributed by atoms with Crippen molar-refractivity contribution in [3.8, 4) is 11.5 Å². The Balaban J connectivity index is 1.62. The molecule has 0 radical (unpaired) electrons. The van der Waals surface area contributed by atoms with Crippen molar-refractivity contribution in [1.82, 2.24) is 5.43 Å². The molecule has 0 fully saturated rings. The van der Waals surface area contributed by atoms with Crippen LogP contribution in [0.25, 0.3) is 6.08 Å². The van der Waals surface area contributed by atoms with Crippen molar-refractivity contribution in [2.75, 3.05) is 6.79 Å². The van der Waals surface area contributed by atoms with E-state index < -0.39 is 0 Å². The standard InChI is InChI=1S/C18H16N2O3/c1-13(19-20-18(21)15-5-3-2-4-6-15)7-8-14-9-10-16-17(11-14)23-12-22-16/h2-11H,12H2,1H3,(H,20,21)/b8-7+,19-13?. The number of amides is 1. The number of rotatable bonds is 4. The maximum atomic E-state index is 11.9. The molecule has 3 rings (SSSR count). The molecule has 2 aromatic carbocycles. The summed E-state index contributed by atoms with van der Waals surface area (Å²) in [5.74, 6) is 1.25. The average Bonchev–Trinajstić information content (AvgIpc) is 3.06. The molecule has 1 amide bonds. The average molecular weight is 308 g/mol. The molecule has 0 bridgehead atoms. The normalized spacial score (nSPS) is 13.3. The highest BCUT2D eigenvalue weighted by Gasteiger charge is 2.12. The summed E-state index contributed by atoms with van der Waals surface area (Å²) in [6.45, 7) is 2.07. The maximum Gasteiger partial charge on any atom is 0.271 e. The number of hydrazone groups is 1. The van der Waals surface area contributed by atoms with Gasteiger partial charge in [-0.2, -0.15) is 5.10 Å². The first kappa shape index (κ1) is 14.8. The monoisotopic (exact) mass is 308 g/mol. The second kappa shape index (κ2) is 6.79. The molecule has 23 heavy (non-hydrogen) atoms. The summed E-state index contributed by atoms with van der Waals surface area (Å²) in [4.78, 5) is 11.9. The fourth-order valence-electron chi connectivity index (χ4n) is 2.06. The molecule has 1 aliphatic rings. The highest BCUT2D eigenvalue weighted by Crippen LogP contribution is 2.32. The summed E-state index contributed by atoms with van der Waals surface area (Å²) in [6.07, 6.45) is 3.72. The number of fused-ring (bicyclic) bond motifs is 1. The second-order valence-electron chi connectivity index (χ2n) is 5.01. The molecule has 0 saturated carbocycles. The third kappa shape index (κ3) is 3.77. The first-order chi connectivity index (χ1) is 11.2. The molecule has 2 aromatic rings. The zero-order chi connectivity index (χ0) is 16.1. The summed E-state index contributed by atoms with van der Waals surface area (Å²) in [6, 6.07) is 14.7. The first-order valence-corrected chi connectivity index (χ1v) is 7.20. The van der Waals surface area contributed by atoms with E-state index in [1.54, 1.807) is 12.1 Å². The fraction of sp³-hybridized carbons (Fsp3) is 0.111. The van der Waals surface area contributed by atoms with Crippen molar-refractivity contribution >= 4 is 17.7 Å². The Hall–Kier alpha value is -3.08. The van der Waals surface area contributed by atoms with Gasteiger partial charge in [0.25, 0.3) is 5.91 Å². The van der Waals surface area contributed by atoms with Crippen LogP contribution in [0.5, 0.6) is 11.5 Å². The van der Waals surface area contributed by atoms with Gasteiger partial charge in [-0.15, -0.1) is 0 Å². The highest BCUT2D eigenvalue weighted by molar-refractivity contribution is 5.99. The maximum absolute atomic E-state index is 11.9. The molecule has 1 aliphatic heterocycles. The van der Waals surface area contributed by atoms with Gasteiger partial charge in [0.15, 0.2) is 11.5 Å². The number of nitrogens with one attached hydrogen (secondary N) is 1. The van der Waals surface area contributed by atoms with Crippen LogP contribution in [0.4, 0.5) is 0 Å². The number of hydrogen-bond donors (Lipinski definition) is 1. The SMILES string of the molecule is CC(/C=C/c1ccc2c(c1)OCO2)=NNC(=O)c1ccccc1. The fourth-order valence-corrected chi connectivity index (χ4v) is 2.06. The zero-order valence-corrected chi connectivity index (χ0v) is 12.7. The third-order valence-corrected chi connectivity index (χ3v) is 3.28. The van der Waals surface area contributed by atoms with Crippen molar-refractivity contribution in [3.05, 3.63) is 65.7 Å². The quantitative estimate of drug-likeness (QED) is 0.697. The van der Waals surface area contributed by atoms with E-state index in [0.29, 0.717) is 11.3 Å². The zero-order valence-electron chi connectivity index (χ0n) is 12.7. The topological polar surface area (TPSA) is 59.9 Å². The number of benzene rings is 2. The summed E-state index contributed by atoms with van der Waals surface area (Å²) in [5.41, 5.74) is 4.76. The van der Waals surface area contributed by atoms with Gasteiger partial charge in [0.2, 0.25) is 6.79 Å².